The van der Waals surface area contributed by atoms with E-state index in [1.165, 1.54) is 12.1 Å². The van der Waals surface area contributed by atoms with Crippen LogP contribution in [-0.4, -0.2) is 11.0 Å². The Balaban J connectivity index is 3.04. The van der Waals surface area contributed by atoms with Crippen LogP contribution in [0.5, 0.6) is 0 Å². The molecule has 0 heterocycles. The van der Waals surface area contributed by atoms with Crippen molar-refractivity contribution in [2.24, 2.45) is 5.73 Å². The summed E-state index contributed by atoms with van der Waals surface area (Å²) in [6.07, 6.45) is 1.97. The lowest BCUT2D eigenvalue weighted by Crippen LogP contribution is -2.22. The molecule has 0 aliphatic carbocycles. The fourth-order valence-corrected chi connectivity index (χ4v) is 2.00. The zero-order chi connectivity index (χ0) is 13.0. The highest BCUT2D eigenvalue weighted by atomic mass is 79.9. The van der Waals surface area contributed by atoms with Crippen molar-refractivity contribution in [1.82, 2.24) is 0 Å². The molecule has 94 valence electrons. The molecule has 17 heavy (non-hydrogen) atoms. The molecule has 0 saturated carbocycles. The fourth-order valence-electron chi connectivity index (χ4n) is 1.67. The monoisotopic (exact) mass is 304 g/mol. The molecular weight excluding hydrogens is 291 g/mol. The Hall–Kier alpha value is -1.01. The van der Waals surface area contributed by atoms with Crippen molar-refractivity contribution in [3.05, 3.63) is 38.1 Å². The molecule has 1 aromatic rings. The van der Waals surface area contributed by atoms with E-state index in [9.17, 15) is 14.5 Å². The maximum Gasteiger partial charge on any atom is 0.273 e. The van der Waals surface area contributed by atoms with Gasteiger partial charge in [0.1, 0.15) is 5.82 Å². The lowest BCUT2D eigenvalue weighted by Gasteiger charge is -2.11. The predicted molar refractivity (Wildman–Crippen MR) is 67.3 cm³/mol. The predicted octanol–water partition coefficient (Wildman–Crippen LogP) is 3.17. The number of hydrogen-bond acceptors (Lipinski definition) is 3. The summed E-state index contributed by atoms with van der Waals surface area (Å²) in [7, 11) is 0. The van der Waals surface area contributed by atoms with Crippen LogP contribution in [0.1, 0.15) is 25.3 Å². The van der Waals surface area contributed by atoms with E-state index in [4.69, 9.17) is 5.73 Å². The largest absolute Gasteiger partial charge is 0.327 e. The molecule has 0 radical (unpaired) electrons. The number of halogens is 2. The van der Waals surface area contributed by atoms with Crippen LogP contribution in [0.15, 0.2) is 16.6 Å². The van der Waals surface area contributed by atoms with E-state index in [0.29, 0.717) is 12.0 Å². The summed E-state index contributed by atoms with van der Waals surface area (Å²) in [5, 5.41) is 10.8. The zero-order valence-corrected chi connectivity index (χ0v) is 11.0. The molecule has 0 spiro atoms. The summed E-state index contributed by atoms with van der Waals surface area (Å²) >= 11 is 2.93. The van der Waals surface area contributed by atoms with Crippen molar-refractivity contribution in [3.8, 4) is 0 Å². The van der Waals surface area contributed by atoms with Gasteiger partial charge in [0.05, 0.1) is 9.40 Å². The minimum absolute atomic E-state index is 0.0928. The van der Waals surface area contributed by atoms with Crippen LogP contribution < -0.4 is 5.73 Å². The van der Waals surface area contributed by atoms with Crippen LogP contribution in [0.3, 0.4) is 0 Å². The van der Waals surface area contributed by atoms with Crippen LogP contribution >= 0.6 is 15.9 Å². The van der Waals surface area contributed by atoms with Gasteiger partial charge in [0.2, 0.25) is 0 Å². The first-order valence-electron chi connectivity index (χ1n) is 5.33. The molecule has 2 N–H and O–H groups in total. The number of benzene rings is 1. The van der Waals surface area contributed by atoms with E-state index in [2.05, 4.69) is 15.9 Å². The van der Waals surface area contributed by atoms with E-state index in [1.54, 1.807) is 0 Å². The molecule has 0 fully saturated rings. The number of nitro groups is 1. The molecule has 0 aromatic heterocycles. The maximum atomic E-state index is 13.3. The van der Waals surface area contributed by atoms with Crippen molar-refractivity contribution >= 4 is 21.6 Å². The Labute approximate surface area is 107 Å². The minimum Gasteiger partial charge on any atom is -0.327 e. The first-order valence-corrected chi connectivity index (χ1v) is 6.12. The minimum atomic E-state index is -0.516. The molecule has 0 aliphatic rings. The highest BCUT2D eigenvalue weighted by Crippen LogP contribution is 2.27. The fraction of sp³-hybridized carbons (Fsp3) is 0.455. The first-order chi connectivity index (χ1) is 7.95. The molecule has 1 rings (SSSR count). The average molecular weight is 305 g/mol. The topological polar surface area (TPSA) is 69.2 Å². The van der Waals surface area contributed by atoms with Gasteiger partial charge in [-0.15, -0.1) is 0 Å². The second-order valence-electron chi connectivity index (χ2n) is 3.91. The van der Waals surface area contributed by atoms with Gasteiger partial charge >= 0.3 is 0 Å². The van der Waals surface area contributed by atoms with Gasteiger partial charge in [0, 0.05) is 17.7 Å². The Morgan fingerprint density at radius 3 is 2.76 bits per heavy atom. The van der Waals surface area contributed by atoms with Gasteiger partial charge in [0.15, 0.2) is 0 Å². The SMILES string of the molecule is CCCC(N)Cc1cc(F)c(Br)cc1[N+](=O)[O-]. The van der Waals surface area contributed by atoms with Gasteiger partial charge in [-0.05, 0) is 34.8 Å². The van der Waals surface area contributed by atoms with E-state index in [1.807, 2.05) is 6.92 Å². The number of hydrogen-bond donors (Lipinski definition) is 1. The summed E-state index contributed by atoms with van der Waals surface area (Å²) in [6, 6.07) is 2.18. The third-order valence-electron chi connectivity index (χ3n) is 2.46. The Morgan fingerprint density at radius 2 is 2.24 bits per heavy atom. The smallest absolute Gasteiger partial charge is 0.273 e. The molecular formula is C11H14BrFN2O2. The first kappa shape index (κ1) is 14.1. The van der Waals surface area contributed by atoms with Crippen molar-refractivity contribution in [2.45, 2.75) is 32.2 Å². The number of rotatable bonds is 5. The highest BCUT2D eigenvalue weighted by Gasteiger charge is 2.19. The quantitative estimate of drug-likeness (QED) is 0.671. The second kappa shape index (κ2) is 6.07. The van der Waals surface area contributed by atoms with Crippen LogP contribution in [0.4, 0.5) is 10.1 Å². The maximum absolute atomic E-state index is 13.3. The summed E-state index contributed by atoms with van der Waals surface area (Å²) < 4.78 is 13.4. The van der Waals surface area contributed by atoms with E-state index < -0.39 is 10.7 Å². The molecule has 0 amide bonds. The molecule has 0 aliphatic heterocycles. The van der Waals surface area contributed by atoms with Gasteiger partial charge in [-0.25, -0.2) is 4.39 Å². The summed E-state index contributed by atoms with van der Waals surface area (Å²) in [5.74, 6) is -0.505. The average Bonchev–Trinajstić information content (AvgIpc) is 2.23. The lowest BCUT2D eigenvalue weighted by atomic mass is 10.0. The van der Waals surface area contributed by atoms with Gasteiger partial charge in [0.25, 0.3) is 5.69 Å². The Kier molecular flexibility index (Phi) is 5.02. The van der Waals surface area contributed by atoms with Crippen LogP contribution in [-0.2, 0) is 6.42 Å². The molecule has 4 nitrogen and oxygen atoms in total. The number of nitro benzene ring substituents is 1. The summed E-state index contributed by atoms with van der Waals surface area (Å²) in [5.41, 5.74) is 6.07. The Morgan fingerprint density at radius 1 is 1.59 bits per heavy atom. The second-order valence-corrected chi connectivity index (χ2v) is 4.76. The van der Waals surface area contributed by atoms with Gasteiger partial charge in [-0.1, -0.05) is 13.3 Å². The van der Waals surface area contributed by atoms with Gasteiger partial charge in [-0.3, -0.25) is 10.1 Å². The normalized spacial score (nSPS) is 12.5. The van der Waals surface area contributed by atoms with Crippen LogP contribution in [0.25, 0.3) is 0 Å². The van der Waals surface area contributed by atoms with Crippen molar-refractivity contribution in [2.75, 3.05) is 0 Å². The molecule has 1 atom stereocenters. The molecule has 0 bridgehead atoms. The van der Waals surface area contributed by atoms with E-state index in [0.717, 1.165) is 12.8 Å². The standard InChI is InChI=1S/C11H14BrFN2O2/c1-2-3-8(14)4-7-5-10(13)9(12)6-11(7)15(16)17/h5-6,8H,2-4,14H2,1H3. The molecule has 0 saturated heterocycles. The van der Waals surface area contributed by atoms with Crippen LogP contribution in [0, 0.1) is 15.9 Å². The lowest BCUT2D eigenvalue weighted by molar-refractivity contribution is -0.385. The van der Waals surface area contributed by atoms with Gasteiger partial charge < -0.3 is 5.73 Å². The third-order valence-corrected chi connectivity index (χ3v) is 3.07. The van der Waals surface area contributed by atoms with Gasteiger partial charge in [-0.2, -0.15) is 0 Å². The Bertz CT molecular complexity index is 426. The van der Waals surface area contributed by atoms with Crippen LogP contribution in [0.2, 0.25) is 0 Å². The zero-order valence-electron chi connectivity index (χ0n) is 9.45. The van der Waals surface area contributed by atoms with Crippen molar-refractivity contribution in [3.63, 3.8) is 0 Å². The van der Waals surface area contributed by atoms with E-state index in [-0.39, 0.29) is 16.2 Å². The number of nitrogens with zero attached hydrogens (tertiary/aromatic N) is 1. The molecule has 6 heteroatoms. The van der Waals surface area contributed by atoms with Crippen molar-refractivity contribution in [1.29, 1.82) is 0 Å². The number of nitrogens with two attached hydrogens (primary N) is 1. The third kappa shape index (κ3) is 3.74. The van der Waals surface area contributed by atoms with Crippen molar-refractivity contribution < 1.29 is 9.31 Å². The summed E-state index contributed by atoms with van der Waals surface area (Å²) in [4.78, 5) is 10.3. The molecule has 1 aromatic carbocycles. The summed E-state index contributed by atoms with van der Waals surface area (Å²) in [6.45, 7) is 1.98. The molecule has 1 unspecified atom stereocenters. The van der Waals surface area contributed by atoms with E-state index >= 15 is 0 Å². The highest BCUT2D eigenvalue weighted by molar-refractivity contribution is 9.10.